The summed E-state index contributed by atoms with van der Waals surface area (Å²) in [6, 6.07) is 10.2. The number of aliphatic imine (C=N–C) groups is 1. The van der Waals surface area contributed by atoms with E-state index in [1.807, 2.05) is 25.1 Å². The molecule has 0 spiro atoms. The molecule has 29 heavy (non-hydrogen) atoms. The third kappa shape index (κ3) is 10.1. The van der Waals surface area contributed by atoms with Gasteiger partial charge in [0, 0.05) is 29.3 Å². The molecule has 8 heteroatoms. The van der Waals surface area contributed by atoms with Gasteiger partial charge in [-0.25, -0.2) is 0 Å². The van der Waals surface area contributed by atoms with E-state index in [0.29, 0.717) is 38.9 Å². The third-order valence-electron chi connectivity index (χ3n) is 4.09. The minimum Gasteiger partial charge on any atom is -0.386 e. The van der Waals surface area contributed by atoms with Crippen molar-refractivity contribution in [3.05, 3.63) is 35.2 Å². The number of fused-ring (bicyclic) bond motifs is 1. The van der Waals surface area contributed by atoms with Crippen LogP contribution in [0, 0.1) is 0 Å². The molecule has 1 unspecified atom stereocenters. The van der Waals surface area contributed by atoms with E-state index in [1.54, 1.807) is 11.3 Å². The highest BCUT2D eigenvalue weighted by molar-refractivity contribution is 14.0. The predicted molar refractivity (Wildman–Crippen MR) is 133 cm³/mol. The maximum atomic E-state index is 10.5. The normalized spacial score (nSPS) is 12.6. The number of halogens is 1. The summed E-state index contributed by atoms with van der Waals surface area (Å²) in [5.41, 5.74) is 0. The van der Waals surface area contributed by atoms with Crippen molar-refractivity contribution in [2.24, 2.45) is 4.99 Å². The van der Waals surface area contributed by atoms with Crippen molar-refractivity contribution in [3.8, 4) is 0 Å². The lowest BCUT2D eigenvalue weighted by molar-refractivity contribution is 0.0487. The molecule has 1 atom stereocenters. The Labute approximate surface area is 195 Å². The minimum absolute atomic E-state index is 0. The van der Waals surface area contributed by atoms with Crippen molar-refractivity contribution >= 4 is 51.4 Å². The van der Waals surface area contributed by atoms with Gasteiger partial charge in [0.1, 0.15) is 6.10 Å². The molecule has 0 amide bonds. The molecule has 0 bridgehead atoms. The van der Waals surface area contributed by atoms with Crippen LogP contribution in [0.2, 0.25) is 0 Å². The monoisotopic (exact) mass is 535 g/mol. The molecule has 1 aromatic carbocycles. The predicted octanol–water partition coefficient (Wildman–Crippen LogP) is 3.94. The number of hydrogen-bond donors (Lipinski definition) is 3. The van der Waals surface area contributed by atoms with Gasteiger partial charge in [-0.15, -0.1) is 35.3 Å². The van der Waals surface area contributed by atoms with Crippen LogP contribution in [0.15, 0.2) is 35.3 Å². The molecule has 0 saturated carbocycles. The molecule has 1 aromatic heterocycles. The fourth-order valence-electron chi connectivity index (χ4n) is 2.59. The Morgan fingerprint density at radius 3 is 2.59 bits per heavy atom. The van der Waals surface area contributed by atoms with Crippen LogP contribution in [0.25, 0.3) is 10.1 Å². The number of rotatable bonds is 13. The van der Waals surface area contributed by atoms with Gasteiger partial charge < -0.3 is 25.2 Å². The Bertz CT molecular complexity index is 678. The average Bonchev–Trinajstić information content (AvgIpc) is 3.15. The van der Waals surface area contributed by atoms with Crippen LogP contribution < -0.4 is 10.6 Å². The molecule has 164 valence electrons. The van der Waals surface area contributed by atoms with Crippen molar-refractivity contribution in [2.45, 2.75) is 32.8 Å². The number of hydrogen-bond acceptors (Lipinski definition) is 5. The largest absolute Gasteiger partial charge is 0.386 e. The number of benzene rings is 1. The van der Waals surface area contributed by atoms with Crippen LogP contribution in [0.4, 0.5) is 0 Å². The van der Waals surface area contributed by atoms with Gasteiger partial charge in [0.2, 0.25) is 0 Å². The highest BCUT2D eigenvalue weighted by Gasteiger charge is 2.11. The Kier molecular flexibility index (Phi) is 14.3. The van der Waals surface area contributed by atoms with Crippen LogP contribution >= 0.6 is 35.3 Å². The van der Waals surface area contributed by atoms with Crippen LogP contribution in [0.1, 0.15) is 37.7 Å². The van der Waals surface area contributed by atoms with Gasteiger partial charge >= 0.3 is 0 Å². The third-order valence-corrected chi connectivity index (χ3v) is 5.31. The van der Waals surface area contributed by atoms with Crippen molar-refractivity contribution in [3.63, 3.8) is 0 Å². The maximum Gasteiger partial charge on any atom is 0.191 e. The molecule has 2 rings (SSSR count). The molecule has 6 nitrogen and oxygen atoms in total. The van der Waals surface area contributed by atoms with E-state index in [0.717, 1.165) is 36.3 Å². The molecule has 0 radical (unpaired) electrons. The van der Waals surface area contributed by atoms with E-state index in [4.69, 9.17) is 9.47 Å². The van der Waals surface area contributed by atoms with Crippen LogP contribution in [0.3, 0.4) is 0 Å². The molecule has 0 fully saturated rings. The Balaban J connectivity index is 0.00000420. The van der Waals surface area contributed by atoms with E-state index in [9.17, 15) is 5.11 Å². The van der Waals surface area contributed by atoms with Crippen molar-refractivity contribution in [2.75, 3.05) is 46.1 Å². The fourth-order valence-corrected chi connectivity index (χ4v) is 3.63. The average molecular weight is 535 g/mol. The summed E-state index contributed by atoms with van der Waals surface area (Å²) < 4.78 is 12.2. The second-order valence-corrected chi connectivity index (χ2v) is 7.54. The Morgan fingerprint density at radius 1 is 1.10 bits per heavy atom. The highest BCUT2D eigenvalue weighted by atomic mass is 127. The first-order chi connectivity index (χ1) is 13.7. The molecule has 2 aromatic rings. The summed E-state index contributed by atoms with van der Waals surface area (Å²) in [6.07, 6.45) is 1.64. The van der Waals surface area contributed by atoms with Gasteiger partial charge in [0.15, 0.2) is 5.96 Å². The first-order valence-electron chi connectivity index (χ1n) is 10.1. The second kappa shape index (κ2) is 15.8. The summed E-state index contributed by atoms with van der Waals surface area (Å²) in [6.45, 7) is 8.52. The van der Waals surface area contributed by atoms with E-state index >= 15 is 0 Å². The first kappa shape index (κ1) is 26.1. The number of ether oxygens (including phenoxy) is 2. The molecular formula is C21H34IN3O3S. The zero-order valence-electron chi connectivity index (χ0n) is 17.4. The topological polar surface area (TPSA) is 75.1 Å². The first-order valence-corrected chi connectivity index (χ1v) is 10.9. The van der Waals surface area contributed by atoms with Crippen molar-refractivity contribution in [1.82, 2.24) is 10.6 Å². The van der Waals surface area contributed by atoms with Gasteiger partial charge in [-0.1, -0.05) is 31.5 Å². The van der Waals surface area contributed by atoms with Gasteiger partial charge in [-0.3, -0.25) is 4.99 Å². The standard InChI is InChI=1S/C21H33N3O3S.HI/c1-3-5-11-26-13-14-27-12-10-23-21(22-4-2)24-16-18(25)20-15-17-8-6-7-9-19(17)28-20;/h6-9,15,18,25H,3-5,10-14,16H2,1-2H3,(H2,22,23,24);1H. The molecule has 3 N–H and O–H groups in total. The summed E-state index contributed by atoms with van der Waals surface area (Å²) in [7, 11) is 0. The van der Waals surface area contributed by atoms with Crippen LogP contribution in [0.5, 0.6) is 0 Å². The summed E-state index contributed by atoms with van der Waals surface area (Å²) in [5.74, 6) is 0.686. The van der Waals surface area contributed by atoms with Crippen LogP contribution in [-0.2, 0) is 9.47 Å². The number of nitrogens with zero attached hydrogens (tertiary/aromatic N) is 1. The van der Waals surface area contributed by atoms with E-state index in [1.165, 1.54) is 4.70 Å². The second-order valence-electron chi connectivity index (χ2n) is 6.43. The number of guanidine groups is 1. The van der Waals surface area contributed by atoms with Crippen molar-refractivity contribution in [1.29, 1.82) is 0 Å². The summed E-state index contributed by atoms with van der Waals surface area (Å²) in [5, 5.41) is 18.1. The van der Waals surface area contributed by atoms with Gasteiger partial charge in [0.25, 0.3) is 0 Å². The zero-order valence-corrected chi connectivity index (χ0v) is 20.5. The molecule has 0 aliphatic rings. The smallest absolute Gasteiger partial charge is 0.191 e. The number of nitrogens with one attached hydrogen (secondary N) is 2. The Hall–Kier alpha value is -0.940. The summed E-state index contributed by atoms with van der Waals surface area (Å²) in [4.78, 5) is 5.44. The molecule has 1 heterocycles. The summed E-state index contributed by atoms with van der Waals surface area (Å²) >= 11 is 1.61. The van der Waals surface area contributed by atoms with E-state index < -0.39 is 6.10 Å². The molecular weight excluding hydrogens is 501 g/mol. The lowest BCUT2D eigenvalue weighted by Crippen LogP contribution is -2.39. The lowest BCUT2D eigenvalue weighted by atomic mass is 10.2. The van der Waals surface area contributed by atoms with Gasteiger partial charge in [-0.05, 0) is 30.9 Å². The quantitative estimate of drug-likeness (QED) is 0.157. The van der Waals surface area contributed by atoms with Gasteiger partial charge in [-0.2, -0.15) is 0 Å². The van der Waals surface area contributed by atoms with Gasteiger partial charge in [0.05, 0.1) is 26.4 Å². The van der Waals surface area contributed by atoms with E-state index in [-0.39, 0.29) is 24.0 Å². The maximum absolute atomic E-state index is 10.5. The zero-order chi connectivity index (χ0) is 20.0. The Morgan fingerprint density at radius 2 is 1.86 bits per heavy atom. The molecule has 0 saturated heterocycles. The number of aliphatic hydroxyl groups excluding tert-OH is 1. The van der Waals surface area contributed by atoms with Crippen LogP contribution in [-0.4, -0.2) is 57.1 Å². The number of unbranched alkanes of at least 4 members (excludes halogenated alkanes) is 1. The molecule has 0 aliphatic heterocycles. The fraction of sp³-hybridized carbons (Fsp3) is 0.571. The van der Waals surface area contributed by atoms with E-state index in [2.05, 4.69) is 34.7 Å². The minimum atomic E-state index is -0.607. The highest BCUT2D eigenvalue weighted by Crippen LogP contribution is 2.29. The van der Waals surface area contributed by atoms with Crippen molar-refractivity contribution < 1.29 is 14.6 Å². The number of aliphatic hydroxyl groups is 1. The SMILES string of the molecule is CCCCOCCOCCNC(=NCC(O)c1cc2ccccc2s1)NCC.I. The lowest BCUT2D eigenvalue weighted by Gasteiger charge is -2.13. The molecule has 0 aliphatic carbocycles. The number of thiophene rings is 1.